The zero-order chi connectivity index (χ0) is 13.4. The Labute approximate surface area is 112 Å². The zero-order valence-corrected chi connectivity index (χ0v) is 10.7. The maximum Gasteiger partial charge on any atom is 0.128 e. The smallest absolute Gasteiger partial charge is 0.128 e. The normalized spacial score (nSPS) is 21.6. The van der Waals surface area contributed by atoms with Crippen LogP contribution in [0.3, 0.4) is 0 Å². The van der Waals surface area contributed by atoms with Crippen molar-refractivity contribution in [3.05, 3.63) is 59.2 Å². The van der Waals surface area contributed by atoms with E-state index in [4.69, 9.17) is 4.74 Å². The van der Waals surface area contributed by atoms with Gasteiger partial charge in [0.2, 0.25) is 0 Å². The van der Waals surface area contributed by atoms with Crippen LogP contribution in [0.2, 0.25) is 0 Å². The number of hydrogen-bond donors (Lipinski definition) is 2. The van der Waals surface area contributed by atoms with Crippen LogP contribution in [0.4, 0.5) is 0 Å². The Morgan fingerprint density at radius 2 is 1.84 bits per heavy atom. The van der Waals surface area contributed by atoms with Gasteiger partial charge in [0.1, 0.15) is 11.5 Å². The van der Waals surface area contributed by atoms with Crippen molar-refractivity contribution in [2.75, 3.05) is 6.61 Å². The van der Waals surface area contributed by atoms with Crippen molar-refractivity contribution in [1.82, 2.24) is 0 Å². The molecule has 2 N–H and O–H groups in total. The Morgan fingerprint density at radius 1 is 1.11 bits per heavy atom. The summed E-state index contributed by atoms with van der Waals surface area (Å²) in [5, 5.41) is 19.9. The molecule has 98 valence electrons. The Kier molecular flexibility index (Phi) is 2.91. The van der Waals surface area contributed by atoms with Crippen molar-refractivity contribution < 1.29 is 14.9 Å². The van der Waals surface area contributed by atoms with E-state index in [1.165, 1.54) is 5.56 Å². The molecule has 3 rings (SSSR count). The molecule has 2 atom stereocenters. The molecule has 0 unspecified atom stereocenters. The van der Waals surface area contributed by atoms with Gasteiger partial charge in [0.15, 0.2) is 0 Å². The van der Waals surface area contributed by atoms with E-state index in [1.54, 1.807) is 18.2 Å². The molecule has 0 radical (unpaired) electrons. The quantitative estimate of drug-likeness (QED) is 0.824. The molecule has 2 aromatic rings. The van der Waals surface area contributed by atoms with Crippen LogP contribution >= 0.6 is 0 Å². The number of rotatable bonds is 1. The molecule has 0 aliphatic carbocycles. The van der Waals surface area contributed by atoms with Gasteiger partial charge >= 0.3 is 0 Å². The van der Waals surface area contributed by atoms with Gasteiger partial charge in [-0.15, -0.1) is 0 Å². The zero-order valence-electron chi connectivity index (χ0n) is 10.7. The summed E-state index contributed by atoms with van der Waals surface area (Å²) in [7, 11) is 0. The van der Waals surface area contributed by atoms with Gasteiger partial charge in [-0.2, -0.15) is 0 Å². The first-order valence-electron chi connectivity index (χ1n) is 6.35. The first-order valence-corrected chi connectivity index (χ1v) is 6.35. The molecular weight excluding hydrogens is 240 g/mol. The molecule has 0 aromatic heterocycles. The van der Waals surface area contributed by atoms with Crippen LogP contribution in [0.5, 0.6) is 11.5 Å². The lowest BCUT2D eigenvalue weighted by Gasteiger charge is -2.30. The Balaban J connectivity index is 1.95. The molecule has 0 spiro atoms. The van der Waals surface area contributed by atoms with Crippen LogP contribution in [-0.2, 0) is 0 Å². The molecule has 0 fully saturated rings. The summed E-state index contributed by atoms with van der Waals surface area (Å²) in [4.78, 5) is 0. The lowest BCUT2D eigenvalue weighted by atomic mass is 9.87. The molecule has 19 heavy (non-hydrogen) atoms. The summed E-state index contributed by atoms with van der Waals surface area (Å²) in [5.74, 6) is 0.647. The van der Waals surface area contributed by atoms with Gasteiger partial charge < -0.3 is 14.9 Å². The monoisotopic (exact) mass is 256 g/mol. The average Bonchev–Trinajstić information content (AvgIpc) is 2.40. The number of benzene rings is 2. The highest BCUT2D eigenvalue weighted by Crippen LogP contribution is 2.41. The number of phenols is 1. The number of phenolic OH excluding ortho intramolecular Hbond substituents is 1. The van der Waals surface area contributed by atoms with Gasteiger partial charge in [-0.1, -0.05) is 29.8 Å². The van der Waals surface area contributed by atoms with Crippen molar-refractivity contribution in [3.8, 4) is 11.5 Å². The van der Waals surface area contributed by atoms with Crippen molar-refractivity contribution in [2.24, 2.45) is 0 Å². The van der Waals surface area contributed by atoms with Gasteiger partial charge in [0.25, 0.3) is 0 Å². The minimum atomic E-state index is -0.605. The number of aromatic hydroxyl groups is 1. The lowest BCUT2D eigenvalue weighted by molar-refractivity contribution is 0.0887. The van der Waals surface area contributed by atoms with E-state index in [1.807, 2.05) is 31.2 Å². The predicted octanol–water partition coefficient (Wildman–Crippen LogP) is 2.91. The highest BCUT2D eigenvalue weighted by Gasteiger charge is 2.30. The molecule has 0 bridgehead atoms. The van der Waals surface area contributed by atoms with Gasteiger partial charge in [-0.3, -0.25) is 0 Å². The fourth-order valence-corrected chi connectivity index (χ4v) is 2.47. The molecule has 0 amide bonds. The van der Waals surface area contributed by atoms with Crippen LogP contribution in [0.25, 0.3) is 0 Å². The Bertz CT molecular complexity index is 589. The van der Waals surface area contributed by atoms with Gasteiger partial charge in [0, 0.05) is 17.5 Å². The fraction of sp³-hybridized carbons (Fsp3) is 0.250. The van der Waals surface area contributed by atoms with Gasteiger partial charge in [-0.25, -0.2) is 0 Å². The maximum absolute atomic E-state index is 10.5. The Hall–Kier alpha value is -2.00. The molecule has 3 nitrogen and oxygen atoms in total. The first kappa shape index (κ1) is 12.1. The molecular formula is C16H16O3. The van der Waals surface area contributed by atoms with Crippen LogP contribution in [0.15, 0.2) is 42.5 Å². The van der Waals surface area contributed by atoms with E-state index in [2.05, 4.69) is 0 Å². The summed E-state index contributed by atoms with van der Waals surface area (Å²) in [6.07, 6.45) is -0.605. The van der Waals surface area contributed by atoms with E-state index in [-0.39, 0.29) is 11.7 Å². The number of ether oxygens (including phenoxy) is 1. The van der Waals surface area contributed by atoms with E-state index >= 15 is 0 Å². The van der Waals surface area contributed by atoms with Crippen molar-refractivity contribution in [2.45, 2.75) is 18.9 Å². The molecule has 0 saturated heterocycles. The van der Waals surface area contributed by atoms with Crippen molar-refractivity contribution in [3.63, 3.8) is 0 Å². The molecule has 1 aliphatic heterocycles. The van der Waals surface area contributed by atoms with Crippen molar-refractivity contribution in [1.29, 1.82) is 0 Å². The van der Waals surface area contributed by atoms with E-state index in [9.17, 15) is 10.2 Å². The summed E-state index contributed by atoms with van der Waals surface area (Å²) in [5.41, 5.74) is 2.99. The maximum atomic E-state index is 10.5. The molecule has 3 heteroatoms. The third-order valence-electron chi connectivity index (χ3n) is 3.62. The second kappa shape index (κ2) is 4.59. The number of hydrogen-bond acceptors (Lipinski definition) is 3. The third-order valence-corrected chi connectivity index (χ3v) is 3.62. The van der Waals surface area contributed by atoms with E-state index in [0.29, 0.717) is 12.4 Å². The Morgan fingerprint density at radius 3 is 2.58 bits per heavy atom. The number of aliphatic hydroxyl groups is 1. The third kappa shape index (κ3) is 2.17. The van der Waals surface area contributed by atoms with E-state index < -0.39 is 6.10 Å². The molecule has 1 heterocycles. The average molecular weight is 256 g/mol. The van der Waals surface area contributed by atoms with Crippen LogP contribution in [0, 0.1) is 6.92 Å². The number of aliphatic hydroxyl groups excluding tert-OH is 1. The lowest BCUT2D eigenvalue weighted by Crippen LogP contribution is -2.24. The highest BCUT2D eigenvalue weighted by molar-refractivity contribution is 5.44. The highest BCUT2D eigenvalue weighted by atomic mass is 16.5. The molecule has 0 saturated carbocycles. The second-order valence-electron chi connectivity index (χ2n) is 5.00. The van der Waals surface area contributed by atoms with Crippen LogP contribution in [-0.4, -0.2) is 16.8 Å². The number of aryl methyl sites for hydroxylation is 1. The minimum absolute atomic E-state index is 0.0716. The molecule has 1 aliphatic rings. The second-order valence-corrected chi connectivity index (χ2v) is 5.00. The van der Waals surface area contributed by atoms with E-state index in [0.717, 1.165) is 11.1 Å². The van der Waals surface area contributed by atoms with Gasteiger partial charge in [-0.05, 0) is 24.6 Å². The molecule has 2 aromatic carbocycles. The summed E-state index contributed by atoms with van der Waals surface area (Å²) < 4.78 is 5.65. The summed E-state index contributed by atoms with van der Waals surface area (Å²) in [6.45, 7) is 2.45. The standard InChI is InChI=1S/C16H16O3/c1-10-2-4-11(5-3-10)14-9-19-15-8-12(17)6-7-13(15)16(14)18/h2-8,14,16-18H,9H2,1H3/t14-,16+/m1/s1. The topological polar surface area (TPSA) is 49.7 Å². The van der Waals surface area contributed by atoms with Crippen LogP contribution in [0.1, 0.15) is 28.7 Å². The minimum Gasteiger partial charge on any atom is -0.508 e. The van der Waals surface area contributed by atoms with Crippen LogP contribution < -0.4 is 4.74 Å². The largest absolute Gasteiger partial charge is 0.508 e. The number of fused-ring (bicyclic) bond motifs is 1. The first-order chi connectivity index (χ1) is 9.15. The van der Waals surface area contributed by atoms with Crippen molar-refractivity contribution >= 4 is 0 Å². The summed E-state index contributed by atoms with van der Waals surface area (Å²) in [6, 6.07) is 13.0. The SMILES string of the molecule is Cc1ccc([C@H]2COc3cc(O)ccc3[C@@H]2O)cc1. The predicted molar refractivity (Wildman–Crippen MR) is 72.5 cm³/mol. The van der Waals surface area contributed by atoms with Gasteiger partial charge in [0.05, 0.1) is 12.7 Å². The summed E-state index contributed by atoms with van der Waals surface area (Å²) >= 11 is 0. The fourth-order valence-electron chi connectivity index (χ4n) is 2.47.